The number of carbonyl (C=O) groups excluding carboxylic acids is 2. The maximum absolute atomic E-state index is 11.6. The summed E-state index contributed by atoms with van der Waals surface area (Å²) in [5.41, 5.74) is 0. The molecule has 20 heavy (non-hydrogen) atoms. The van der Waals surface area contributed by atoms with Crippen LogP contribution in [-0.4, -0.2) is 42.3 Å². The van der Waals surface area contributed by atoms with Gasteiger partial charge in [-0.2, -0.15) is 0 Å². The van der Waals surface area contributed by atoms with Crippen molar-refractivity contribution in [2.75, 3.05) is 7.11 Å². The van der Waals surface area contributed by atoms with Crippen LogP contribution < -0.4 is 10.6 Å². The molecule has 0 aromatic heterocycles. The van der Waals surface area contributed by atoms with Gasteiger partial charge in [0.05, 0.1) is 7.11 Å². The number of nitrogens with one attached hydrogen (secondary N) is 2. The Hall–Kier alpha value is -2.23. The molecule has 112 valence electrons. The zero-order valence-corrected chi connectivity index (χ0v) is 11.6. The van der Waals surface area contributed by atoms with Gasteiger partial charge in [-0.1, -0.05) is 6.92 Å². The molecule has 0 fully saturated rings. The second kappa shape index (κ2) is 9.67. The first-order chi connectivity index (χ1) is 9.44. The fourth-order valence-electron chi connectivity index (χ4n) is 1.45. The van der Waals surface area contributed by atoms with E-state index < -0.39 is 24.0 Å². The van der Waals surface area contributed by atoms with Gasteiger partial charge in [-0.25, -0.2) is 9.59 Å². The summed E-state index contributed by atoms with van der Waals surface area (Å²) in [6.45, 7) is 1.86. The van der Waals surface area contributed by atoms with Crippen LogP contribution in [0.1, 0.15) is 32.6 Å². The molecule has 1 unspecified atom stereocenters. The Kier molecular flexibility index (Phi) is 8.59. The van der Waals surface area contributed by atoms with Crippen molar-refractivity contribution in [3.8, 4) is 12.3 Å². The Labute approximate surface area is 118 Å². The third-order valence-electron chi connectivity index (χ3n) is 2.66. The molecule has 0 aliphatic carbocycles. The van der Waals surface area contributed by atoms with Gasteiger partial charge in [0.15, 0.2) is 0 Å². The van der Waals surface area contributed by atoms with Gasteiger partial charge in [0.25, 0.3) is 0 Å². The van der Waals surface area contributed by atoms with Crippen LogP contribution in [0.25, 0.3) is 0 Å². The number of hydrogen-bond acceptors (Lipinski definition) is 4. The fraction of sp³-hybridized carbons (Fsp3) is 0.615. The molecule has 0 spiro atoms. The minimum Gasteiger partial charge on any atom is -0.480 e. The van der Waals surface area contributed by atoms with Crippen LogP contribution in [0.5, 0.6) is 0 Å². The Morgan fingerprint density at radius 3 is 2.45 bits per heavy atom. The molecular formula is C13H20N2O5. The van der Waals surface area contributed by atoms with Gasteiger partial charge in [0.1, 0.15) is 6.04 Å². The van der Waals surface area contributed by atoms with Crippen molar-refractivity contribution in [1.82, 2.24) is 10.6 Å². The number of methoxy groups -OCH3 is 1. The zero-order chi connectivity index (χ0) is 15.5. The van der Waals surface area contributed by atoms with Crippen LogP contribution >= 0.6 is 0 Å². The van der Waals surface area contributed by atoms with Gasteiger partial charge in [0, 0.05) is 18.9 Å². The lowest BCUT2D eigenvalue weighted by Crippen LogP contribution is -2.49. The van der Waals surface area contributed by atoms with E-state index in [-0.39, 0.29) is 18.9 Å². The predicted octanol–water partition coefficient (Wildman–Crippen LogP) is 0.494. The average Bonchev–Trinajstić information content (AvgIpc) is 2.41. The highest BCUT2D eigenvalue weighted by molar-refractivity contribution is 5.83. The molecular weight excluding hydrogens is 264 g/mol. The lowest BCUT2D eigenvalue weighted by atomic mass is 10.1. The van der Waals surface area contributed by atoms with Crippen LogP contribution in [-0.2, 0) is 14.3 Å². The number of amides is 2. The van der Waals surface area contributed by atoms with Gasteiger partial charge in [-0.05, 0) is 12.8 Å². The van der Waals surface area contributed by atoms with E-state index in [2.05, 4.69) is 21.3 Å². The lowest BCUT2D eigenvalue weighted by Gasteiger charge is -2.18. The van der Waals surface area contributed by atoms with E-state index >= 15 is 0 Å². The Bertz CT molecular complexity index is 389. The number of esters is 1. The number of terminal acetylenes is 1. The number of rotatable bonds is 8. The SMILES string of the molecule is C#CCC(CC)NC(=O)N[C@@H](CCC(=O)OC)C(=O)O. The topological polar surface area (TPSA) is 105 Å². The minimum atomic E-state index is -1.21. The first kappa shape index (κ1) is 17.8. The first-order valence-corrected chi connectivity index (χ1v) is 6.24. The number of carboxylic acid groups (broad SMARTS) is 1. The van der Waals surface area contributed by atoms with Gasteiger partial charge in [0.2, 0.25) is 0 Å². The lowest BCUT2D eigenvalue weighted by molar-refractivity contribution is -0.142. The number of carboxylic acids is 1. The van der Waals surface area contributed by atoms with Gasteiger partial charge < -0.3 is 20.5 Å². The molecule has 0 radical (unpaired) electrons. The van der Waals surface area contributed by atoms with Gasteiger partial charge in [-0.15, -0.1) is 12.3 Å². The summed E-state index contributed by atoms with van der Waals surface area (Å²) in [6, 6.07) is -1.99. The van der Waals surface area contributed by atoms with E-state index in [1.807, 2.05) is 6.92 Å². The second-order valence-corrected chi connectivity index (χ2v) is 4.14. The van der Waals surface area contributed by atoms with E-state index in [4.69, 9.17) is 11.5 Å². The number of aliphatic carboxylic acids is 1. The average molecular weight is 284 g/mol. The molecule has 0 saturated carbocycles. The summed E-state index contributed by atoms with van der Waals surface area (Å²) in [6.07, 6.45) is 6.03. The van der Waals surface area contributed by atoms with Crippen LogP contribution in [0, 0.1) is 12.3 Å². The third-order valence-corrected chi connectivity index (χ3v) is 2.66. The Balaban J connectivity index is 4.37. The highest BCUT2D eigenvalue weighted by Crippen LogP contribution is 2.01. The van der Waals surface area contributed by atoms with Crippen molar-refractivity contribution in [2.24, 2.45) is 0 Å². The molecule has 0 aliphatic heterocycles. The van der Waals surface area contributed by atoms with Gasteiger partial charge in [-0.3, -0.25) is 4.79 Å². The second-order valence-electron chi connectivity index (χ2n) is 4.14. The Morgan fingerprint density at radius 1 is 1.35 bits per heavy atom. The molecule has 0 aromatic rings. The van der Waals surface area contributed by atoms with Crippen LogP contribution in [0.3, 0.4) is 0 Å². The highest BCUT2D eigenvalue weighted by Gasteiger charge is 2.22. The van der Waals surface area contributed by atoms with Crippen molar-refractivity contribution in [1.29, 1.82) is 0 Å². The first-order valence-electron chi connectivity index (χ1n) is 6.24. The molecule has 3 N–H and O–H groups in total. The van der Waals surface area contributed by atoms with E-state index in [1.165, 1.54) is 7.11 Å². The normalized spacial score (nSPS) is 12.7. The summed E-state index contributed by atoms with van der Waals surface area (Å²) in [4.78, 5) is 33.6. The summed E-state index contributed by atoms with van der Waals surface area (Å²) in [7, 11) is 1.21. The summed E-state index contributed by atoms with van der Waals surface area (Å²) >= 11 is 0. The smallest absolute Gasteiger partial charge is 0.326 e. The van der Waals surface area contributed by atoms with Gasteiger partial charge >= 0.3 is 18.0 Å². The van der Waals surface area contributed by atoms with E-state index in [9.17, 15) is 14.4 Å². The quantitative estimate of drug-likeness (QED) is 0.444. The van der Waals surface area contributed by atoms with Crippen LogP contribution in [0.2, 0.25) is 0 Å². The van der Waals surface area contributed by atoms with Crippen molar-refractivity contribution in [3.63, 3.8) is 0 Å². The van der Waals surface area contributed by atoms with E-state index in [0.29, 0.717) is 12.8 Å². The summed E-state index contributed by atoms with van der Waals surface area (Å²) < 4.78 is 4.42. The zero-order valence-electron chi connectivity index (χ0n) is 11.6. The molecule has 7 heteroatoms. The number of ether oxygens (including phenoxy) is 1. The number of hydrogen-bond donors (Lipinski definition) is 3. The largest absolute Gasteiger partial charge is 0.480 e. The molecule has 0 heterocycles. The van der Waals surface area contributed by atoms with Crippen molar-refractivity contribution in [2.45, 2.75) is 44.7 Å². The molecule has 0 bridgehead atoms. The van der Waals surface area contributed by atoms with Crippen molar-refractivity contribution >= 4 is 18.0 Å². The maximum Gasteiger partial charge on any atom is 0.326 e. The third kappa shape index (κ3) is 7.26. The monoisotopic (exact) mass is 284 g/mol. The molecule has 7 nitrogen and oxygen atoms in total. The Morgan fingerprint density at radius 2 is 2.00 bits per heavy atom. The highest BCUT2D eigenvalue weighted by atomic mass is 16.5. The molecule has 0 aliphatic rings. The molecule has 0 saturated heterocycles. The van der Waals surface area contributed by atoms with Crippen molar-refractivity contribution < 1.29 is 24.2 Å². The summed E-state index contributed by atoms with van der Waals surface area (Å²) in [5.74, 6) is 0.684. The standard InChI is InChI=1S/C13H20N2O5/c1-4-6-9(5-2)14-13(19)15-10(12(17)18)7-8-11(16)20-3/h1,9-10H,5-8H2,2-3H3,(H,17,18)(H2,14,15,19)/t9?,10-/m0/s1. The summed E-state index contributed by atoms with van der Waals surface area (Å²) in [5, 5.41) is 13.9. The minimum absolute atomic E-state index is 0.0403. The predicted molar refractivity (Wildman–Crippen MR) is 71.9 cm³/mol. The fourth-order valence-corrected chi connectivity index (χ4v) is 1.45. The molecule has 2 amide bonds. The van der Waals surface area contributed by atoms with Crippen LogP contribution in [0.15, 0.2) is 0 Å². The molecule has 0 aromatic carbocycles. The number of urea groups is 1. The van der Waals surface area contributed by atoms with Crippen molar-refractivity contribution in [3.05, 3.63) is 0 Å². The van der Waals surface area contributed by atoms with Crippen LogP contribution in [0.4, 0.5) is 4.79 Å². The molecule has 0 rings (SSSR count). The molecule has 2 atom stereocenters. The number of carbonyl (C=O) groups is 3. The van der Waals surface area contributed by atoms with E-state index in [1.54, 1.807) is 0 Å². The van der Waals surface area contributed by atoms with E-state index in [0.717, 1.165) is 0 Å². The maximum atomic E-state index is 11.6.